The fourth-order valence-corrected chi connectivity index (χ4v) is 1.95. The lowest BCUT2D eigenvalue weighted by Crippen LogP contribution is -2.16. The van der Waals surface area contributed by atoms with Crippen LogP contribution < -0.4 is 5.73 Å². The summed E-state index contributed by atoms with van der Waals surface area (Å²) in [6, 6.07) is 6.96. The maximum atomic E-state index is 10.7. The van der Waals surface area contributed by atoms with Crippen molar-refractivity contribution >= 4 is 5.97 Å². The molecule has 1 heterocycles. The van der Waals surface area contributed by atoms with Gasteiger partial charge in [0.15, 0.2) is 0 Å². The maximum Gasteiger partial charge on any atom is 0.305 e. The number of carboxylic acids is 1. The molecule has 2 rings (SSSR count). The Balaban J connectivity index is 2.43. The third-order valence-electron chi connectivity index (χ3n) is 2.82. The van der Waals surface area contributed by atoms with E-state index in [9.17, 15) is 4.79 Å². The van der Waals surface area contributed by atoms with Crippen molar-refractivity contribution in [2.45, 2.75) is 12.5 Å². The molecular weight excluding hydrogens is 230 g/mol. The first-order valence-corrected chi connectivity index (χ1v) is 5.63. The molecule has 5 nitrogen and oxygen atoms in total. The van der Waals surface area contributed by atoms with Gasteiger partial charge in [0.05, 0.1) is 6.42 Å². The zero-order valence-electron chi connectivity index (χ0n) is 10.1. The number of imidazole rings is 1. The fourth-order valence-electron chi connectivity index (χ4n) is 1.95. The number of hydrogen-bond donors (Lipinski definition) is 2. The average Bonchev–Trinajstić information content (AvgIpc) is 2.74. The van der Waals surface area contributed by atoms with Gasteiger partial charge in [-0.2, -0.15) is 0 Å². The van der Waals surface area contributed by atoms with E-state index < -0.39 is 12.0 Å². The fraction of sp³-hybridized carbons (Fsp3) is 0.231. The molecule has 0 aliphatic heterocycles. The molecule has 0 saturated heterocycles. The minimum atomic E-state index is -0.905. The van der Waals surface area contributed by atoms with Crippen molar-refractivity contribution < 1.29 is 9.90 Å². The predicted octanol–water partition coefficient (Wildman–Crippen LogP) is 1.56. The van der Waals surface area contributed by atoms with Gasteiger partial charge in [-0.05, 0) is 5.56 Å². The van der Waals surface area contributed by atoms with Crippen LogP contribution in [0.3, 0.4) is 0 Å². The normalized spacial score (nSPS) is 12.3. The van der Waals surface area contributed by atoms with E-state index in [1.807, 2.05) is 42.1 Å². The number of carbonyl (C=O) groups is 1. The van der Waals surface area contributed by atoms with E-state index in [1.165, 1.54) is 0 Å². The standard InChI is InChI=1S/C13H15N3O2/c1-16-7-6-15-13(16)10-5-3-2-4-9(10)11(14)8-12(17)18/h2-7,11H,8,14H2,1H3,(H,17,18). The molecular formula is C13H15N3O2. The van der Waals surface area contributed by atoms with E-state index in [4.69, 9.17) is 10.8 Å². The number of aromatic nitrogens is 2. The summed E-state index contributed by atoms with van der Waals surface area (Å²) in [5, 5.41) is 8.82. The van der Waals surface area contributed by atoms with Crippen LogP contribution in [0.5, 0.6) is 0 Å². The van der Waals surface area contributed by atoms with Crippen molar-refractivity contribution in [1.29, 1.82) is 0 Å². The van der Waals surface area contributed by atoms with Crippen molar-refractivity contribution in [3.05, 3.63) is 42.2 Å². The molecule has 0 spiro atoms. The van der Waals surface area contributed by atoms with E-state index in [0.717, 1.165) is 17.0 Å². The van der Waals surface area contributed by atoms with Crippen LogP contribution in [0.4, 0.5) is 0 Å². The Hall–Kier alpha value is -2.14. The molecule has 3 N–H and O–H groups in total. The number of carboxylic acid groups (broad SMARTS) is 1. The van der Waals surface area contributed by atoms with Gasteiger partial charge in [0.1, 0.15) is 5.82 Å². The van der Waals surface area contributed by atoms with Crippen LogP contribution in [-0.4, -0.2) is 20.6 Å². The quantitative estimate of drug-likeness (QED) is 0.856. The molecule has 0 amide bonds. The molecule has 1 atom stereocenters. The highest BCUT2D eigenvalue weighted by atomic mass is 16.4. The van der Waals surface area contributed by atoms with Gasteiger partial charge in [-0.3, -0.25) is 4.79 Å². The van der Waals surface area contributed by atoms with E-state index in [0.29, 0.717) is 0 Å². The molecule has 1 aromatic heterocycles. The second-order valence-electron chi connectivity index (χ2n) is 4.15. The Bertz CT molecular complexity index is 563. The largest absolute Gasteiger partial charge is 0.481 e. The van der Waals surface area contributed by atoms with Crippen molar-refractivity contribution in [2.24, 2.45) is 12.8 Å². The highest BCUT2D eigenvalue weighted by Crippen LogP contribution is 2.27. The predicted molar refractivity (Wildman–Crippen MR) is 67.8 cm³/mol. The lowest BCUT2D eigenvalue weighted by Gasteiger charge is -2.14. The van der Waals surface area contributed by atoms with Crippen LogP contribution in [0, 0.1) is 0 Å². The molecule has 1 aromatic carbocycles. The first-order valence-electron chi connectivity index (χ1n) is 5.63. The van der Waals surface area contributed by atoms with Crippen LogP contribution in [0.25, 0.3) is 11.4 Å². The Morgan fingerprint density at radius 3 is 2.83 bits per heavy atom. The molecule has 5 heteroatoms. The zero-order chi connectivity index (χ0) is 13.1. The lowest BCUT2D eigenvalue weighted by atomic mass is 9.98. The molecule has 0 saturated carbocycles. The van der Waals surface area contributed by atoms with Crippen molar-refractivity contribution in [3.8, 4) is 11.4 Å². The molecule has 0 bridgehead atoms. The first-order chi connectivity index (χ1) is 8.59. The van der Waals surface area contributed by atoms with E-state index in [1.54, 1.807) is 6.20 Å². The Morgan fingerprint density at radius 2 is 2.22 bits per heavy atom. The van der Waals surface area contributed by atoms with Gasteiger partial charge in [-0.15, -0.1) is 0 Å². The number of hydrogen-bond acceptors (Lipinski definition) is 3. The number of nitrogens with zero attached hydrogens (tertiary/aromatic N) is 2. The average molecular weight is 245 g/mol. The number of benzene rings is 1. The molecule has 1 unspecified atom stereocenters. The summed E-state index contributed by atoms with van der Waals surface area (Å²) in [5.41, 5.74) is 7.61. The summed E-state index contributed by atoms with van der Waals surface area (Å²) >= 11 is 0. The third kappa shape index (κ3) is 2.41. The number of rotatable bonds is 4. The van der Waals surface area contributed by atoms with Gasteiger partial charge < -0.3 is 15.4 Å². The zero-order valence-corrected chi connectivity index (χ0v) is 10.1. The number of nitrogens with two attached hydrogens (primary N) is 1. The van der Waals surface area contributed by atoms with Gasteiger partial charge in [0.25, 0.3) is 0 Å². The Morgan fingerprint density at radius 1 is 1.50 bits per heavy atom. The SMILES string of the molecule is Cn1ccnc1-c1ccccc1C(N)CC(=O)O. The van der Waals surface area contributed by atoms with Gasteiger partial charge in [-0.1, -0.05) is 24.3 Å². The Labute approximate surface area is 105 Å². The van der Waals surface area contributed by atoms with Crippen LogP contribution in [0.1, 0.15) is 18.0 Å². The first kappa shape index (κ1) is 12.3. The third-order valence-corrected chi connectivity index (χ3v) is 2.82. The summed E-state index contributed by atoms with van der Waals surface area (Å²) < 4.78 is 1.88. The topological polar surface area (TPSA) is 81.1 Å². The van der Waals surface area contributed by atoms with E-state index in [2.05, 4.69) is 4.98 Å². The molecule has 0 aliphatic rings. The summed E-state index contributed by atoms with van der Waals surface area (Å²) in [7, 11) is 1.89. The van der Waals surface area contributed by atoms with Crippen LogP contribution in [0.15, 0.2) is 36.7 Å². The van der Waals surface area contributed by atoms with Gasteiger partial charge in [-0.25, -0.2) is 4.98 Å². The second-order valence-corrected chi connectivity index (χ2v) is 4.15. The maximum absolute atomic E-state index is 10.7. The molecule has 0 fully saturated rings. The van der Waals surface area contributed by atoms with Gasteiger partial charge >= 0.3 is 5.97 Å². The summed E-state index contributed by atoms with van der Waals surface area (Å²) in [6.07, 6.45) is 3.45. The van der Waals surface area contributed by atoms with Crippen molar-refractivity contribution in [2.75, 3.05) is 0 Å². The highest BCUT2D eigenvalue weighted by molar-refractivity contribution is 5.69. The monoisotopic (exact) mass is 245 g/mol. The van der Waals surface area contributed by atoms with E-state index >= 15 is 0 Å². The minimum Gasteiger partial charge on any atom is -0.481 e. The van der Waals surface area contributed by atoms with Crippen LogP contribution in [0.2, 0.25) is 0 Å². The number of aliphatic carboxylic acids is 1. The minimum absolute atomic E-state index is 0.0958. The van der Waals surface area contributed by atoms with Crippen LogP contribution in [-0.2, 0) is 11.8 Å². The van der Waals surface area contributed by atoms with Gasteiger partial charge in [0.2, 0.25) is 0 Å². The van der Waals surface area contributed by atoms with Crippen molar-refractivity contribution in [1.82, 2.24) is 9.55 Å². The van der Waals surface area contributed by atoms with Gasteiger partial charge in [0, 0.05) is 31.0 Å². The summed E-state index contributed by atoms with van der Waals surface area (Å²) in [4.78, 5) is 15.0. The summed E-state index contributed by atoms with van der Waals surface area (Å²) in [5.74, 6) is -0.122. The molecule has 0 radical (unpaired) electrons. The van der Waals surface area contributed by atoms with Crippen molar-refractivity contribution in [3.63, 3.8) is 0 Å². The second kappa shape index (κ2) is 5.01. The number of aryl methyl sites for hydroxylation is 1. The van der Waals surface area contributed by atoms with Crippen LogP contribution >= 0.6 is 0 Å². The lowest BCUT2D eigenvalue weighted by molar-refractivity contribution is -0.137. The molecule has 18 heavy (non-hydrogen) atoms. The smallest absolute Gasteiger partial charge is 0.305 e. The molecule has 0 aliphatic carbocycles. The Kier molecular flexibility index (Phi) is 3.43. The molecule has 94 valence electrons. The summed E-state index contributed by atoms with van der Waals surface area (Å²) in [6.45, 7) is 0. The highest BCUT2D eigenvalue weighted by Gasteiger charge is 2.16. The molecule has 2 aromatic rings. The van der Waals surface area contributed by atoms with E-state index in [-0.39, 0.29) is 6.42 Å².